The van der Waals surface area contributed by atoms with E-state index in [1.54, 1.807) is 12.1 Å². The normalized spacial score (nSPS) is 10.0. The molecule has 0 amide bonds. The molecule has 2 aromatic carbocycles. The maximum atomic E-state index is 11.7. The molecule has 0 unspecified atom stereocenters. The lowest BCUT2D eigenvalue weighted by molar-refractivity contribution is 1.22. The van der Waals surface area contributed by atoms with Crippen LogP contribution in [0.25, 0.3) is 22.4 Å². The van der Waals surface area contributed by atoms with E-state index < -0.39 is 0 Å². The number of H-pyrrole nitrogens is 1. The van der Waals surface area contributed by atoms with Gasteiger partial charge in [-0.25, -0.2) is 0 Å². The number of pyridine rings is 1. The van der Waals surface area contributed by atoms with Crippen molar-refractivity contribution in [2.24, 2.45) is 0 Å². The molecule has 1 N–H and O–H groups in total. The van der Waals surface area contributed by atoms with E-state index in [-0.39, 0.29) is 11.1 Å². The van der Waals surface area contributed by atoms with Crippen molar-refractivity contribution < 1.29 is 0 Å². The van der Waals surface area contributed by atoms with Crippen molar-refractivity contribution in [1.29, 1.82) is 5.26 Å². The third kappa shape index (κ3) is 2.60. The molecule has 1 heterocycles. The number of nitrogens with one attached hydrogen (secondary N) is 1. The summed E-state index contributed by atoms with van der Waals surface area (Å²) in [6.07, 6.45) is 0. The fourth-order valence-corrected chi connectivity index (χ4v) is 2.20. The summed E-state index contributed by atoms with van der Waals surface area (Å²) < 4.78 is 0. The van der Waals surface area contributed by atoms with E-state index in [9.17, 15) is 4.79 Å². The average molecular weight is 272 g/mol. The van der Waals surface area contributed by atoms with Gasteiger partial charge in [-0.2, -0.15) is 5.26 Å². The van der Waals surface area contributed by atoms with E-state index in [1.165, 1.54) is 0 Å². The lowest BCUT2D eigenvalue weighted by atomic mass is 10.0. The van der Waals surface area contributed by atoms with Gasteiger partial charge in [-0.3, -0.25) is 4.79 Å². The van der Waals surface area contributed by atoms with E-state index in [1.807, 2.05) is 48.5 Å². The van der Waals surface area contributed by atoms with Gasteiger partial charge < -0.3 is 4.98 Å². The van der Waals surface area contributed by atoms with Crippen LogP contribution in [0.15, 0.2) is 71.5 Å². The summed E-state index contributed by atoms with van der Waals surface area (Å²) in [5.74, 6) is 0. The third-order valence-electron chi connectivity index (χ3n) is 3.33. The van der Waals surface area contributed by atoms with Crippen LogP contribution in [0.5, 0.6) is 0 Å². The van der Waals surface area contributed by atoms with Gasteiger partial charge in [0.25, 0.3) is 5.56 Å². The summed E-state index contributed by atoms with van der Waals surface area (Å²) in [6.45, 7) is 0. The van der Waals surface area contributed by atoms with E-state index >= 15 is 0 Å². The minimum absolute atomic E-state index is 0.125. The maximum Gasteiger partial charge on any atom is 0.266 e. The number of nitrogens with zero attached hydrogens (tertiary/aromatic N) is 1. The second-order valence-corrected chi connectivity index (χ2v) is 4.67. The highest BCUT2D eigenvalue weighted by Gasteiger charge is 2.03. The molecule has 3 aromatic rings. The van der Waals surface area contributed by atoms with Crippen LogP contribution in [0.3, 0.4) is 0 Å². The SMILES string of the molecule is N#Cc1ccc(-c2ccc(-c3ccccc3)cc2)[nH]c1=O. The molecule has 0 aliphatic rings. The Balaban J connectivity index is 1.97. The summed E-state index contributed by atoms with van der Waals surface area (Å²) >= 11 is 0. The second kappa shape index (κ2) is 5.48. The Kier molecular flexibility index (Phi) is 3.36. The second-order valence-electron chi connectivity index (χ2n) is 4.67. The van der Waals surface area contributed by atoms with Crippen LogP contribution < -0.4 is 5.56 Å². The Morgan fingerprint density at radius 1 is 0.762 bits per heavy atom. The van der Waals surface area contributed by atoms with E-state index in [2.05, 4.69) is 17.1 Å². The van der Waals surface area contributed by atoms with Gasteiger partial charge in [-0.1, -0.05) is 54.6 Å². The van der Waals surface area contributed by atoms with Gasteiger partial charge in [0.15, 0.2) is 0 Å². The molecule has 0 fully saturated rings. The summed E-state index contributed by atoms with van der Waals surface area (Å²) in [7, 11) is 0. The van der Waals surface area contributed by atoms with Gasteiger partial charge >= 0.3 is 0 Å². The topological polar surface area (TPSA) is 56.6 Å². The predicted molar refractivity (Wildman–Crippen MR) is 82.6 cm³/mol. The van der Waals surface area contributed by atoms with Crippen molar-refractivity contribution in [2.75, 3.05) is 0 Å². The number of hydrogen-bond donors (Lipinski definition) is 1. The summed E-state index contributed by atoms with van der Waals surface area (Å²) in [6, 6.07) is 23.2. The van der Waals surface area contributed by atoms with Crippen LogP contribution in [0.1, 0.15) is 5.56 Å². The Morgan fingerprint density at radius 2 is 1.38 bits per heavy atom. The van der Waals surface area contributed by atoms with Gasteiger partial charge in [-0.15, -0.1) is 0 Å². The molecule has 3 heteroatoms. The number of benzene rings is 2. The Labute approximate surface area is 122 Å². The molecule has 0 aliphatic heterocycles. The lowest BCUT2D eigenvalue weighted by Gasteiger charge is -2.05. The standard InChI is InChI=1S/C18H12N2O/c19-12-16-10-11-17(20-18(16)21)15-8-6-14(7-9-15)13-4-2-1-3-5-13/h1-11H,(H,20,21). The largest absolute Gasteiger partial charge is 0.321 e. The molecule has 0 saturated heterocycles. The van der Waals surface area contributed by atoms with Crippen LogP contribution >= 0.6 is 0 Å². The van der Waals surface area contributed by atoms with Crippen LogP contribution in [0.2, 0.25) is 0 Å². The molecule has 3 nitrogen and oxygen atoms in total. The lowest BCUT2D eigenvalue weighted by Crippen LogP contribution is -2.09. The number of aromatic amines is 1. The molecular formula is C18H12N2O. The van der Waals surface area contributed by atoms with Crippen molar-refractivity contribution in [3.63, 3.8) is 0 Å². The molecule has 0 atom stereocenters. The summed E-state index contributed by atoms with van der Waals surface area (Å²) in [4.78, 5) is 14.4. The molecule has 100 valence electrons. The van der Waals surface area contributed by atoms with Crippen molar-refractivity contribution in [3.8, 4) is 28.5 Å². The predicted octanol–water partition coefficient (Wildman–Crippen LogP) is 3.58. The Morgan fingerprint density at radius 3 is 2.00 bits per heavy atom. The van der Waals surface area contributed by atoms with Crippen LogP contribution in [0.4, 0.5) is 0 Å². The van der Waals surface area contributed by atoms with Gasteiger partial charge in [0.05, 0.1) is 0 Å². The zero-order chi connectivity index (χ0) is 14.7. The van der Waals surface area contributed by atoms with E-state index in [4.69, 9.17) is 5.26 Å². The summed E-state index contributed by atoms with van der Waals surface area (Å²) in [5, 5.41) is 8.77. The molecule has 0 bridgehead atoms. The Hall–Kier alpha value is -3.12. The molecule has 21 heavy (non-hydrogen) atoms. The minimum atomic E-state index is -0.359. The van der Waals surface area contributed by atoms with Gasteiger partial charge in [0.1, 0.15) is 11.6 Å². The minimum Gasteiger partial charge on any atom is -0.321 e. The maximum absolute atomic E-state index is 11.7. The first-order chi connectivity index (χ1) is 10.3. The highest BCUT2D eigenvalue weighted by atomic mass is 16.1. The zero-order valence-corrected chi connectivity index (χ0v) is 11.2. The molecule has 3 rings (SSSR count). The number of nitriles is 1. The number of rotatable bonds is 2. The number of aromatic nitrogens is 1. The highest BCUT2D eigenvalue weighted by molar-refractivity contribution is 5.68. The zero-order valence-electron chi connectivity index (χ0n) is 11.2. The molecule has 0 spiro atoms. The first-order valence-electron chi connectivity index (χ1n) is 6.57. The quantitative estimate of drug-likeness (QED) is 0.775. The van der Waals surface area contributed by atoms with Crippen LogP contribution in [-0.4, -0.2) is 4.98 Å². The molecule has 0 aliphatic carbocycles. The highest BCUT2D eigenvalue weighted by Crippen LogP contribution is 2.23. The van der Waals surface area contributed by atoms with Crippen molar-refractivity contribution >= 4 is 0 Å². The van der Waals surface area contributed by atoms with E-state index in [0.29, 0.717) is 5.69 Å². The van der Waals surface area contributed by atoms with E-state index in [0.717, 1.165) is 16.7 Å². The first-order valence-corrected chi connectivity index (χ1v) is 6.57. The molecular weight excluding hydrogens is 260 g/mol. The van der Waals surface area contributed by atoms with Crippen molar-refractivity contribution in [2.45, 2.75) is 0 Å². The molecule has 1 aromatic heterocycles. The summed E-state index contributed by atoms with van der Waals surface area (Å²) in [5.41, 5.74) is 3.66. The van der Waals surface area contributed by atoms with Crippen molar-refractivity contribution in [1.82, 2.24) is 4.98 Å². The van der Waals surface area contributed by atoms with Gasteiger partial charge in [-0.05, 0) is 28.8 Å². The third-order valence-corrected chi connectivity index (χ3v) is 3.33. The fourth-order valence-electron chi connectivity index (χ4n) is 2.20. The number of hydrogen-bond acceptors (Lipinski definition) is 2. The monoisotopic (exact) mass is 272 g/mol. The van der Waals surface area contributed by atoms with Gasteiger partial charge in [0.2, 0.25) is 0 Å². The van der Waals surface area contributed by atoms with Crippen LogP contribution in [-0.2, 0) is 0 Å². The Bertz CT molecular complexity index is 856. The smallest absolute Gasteiger partial charge is 0.266 e. The fraction of sp³-hybridized carbons (Fsp3) is 0. The van der Waals surface area contributed by atoms with Gasteiger partial charge in [0, 0.05) is 5.69 Å². The average Bonchev–Trinajstić information content (AvgIpc) is 2.56. The van der Waals surface area contributed by atoms with Crippen molar-refractivity contribution in [3.05, 3.63) is 82.6 Å². The van der Waals surface area contributed by atoms with Crippen LogP contribution in [0, 0.1) is 11.3 Å². The first kappa shape index (κ1) is 12.9. The molecule has 0 saturated carbocycles. The molecule has 0 radical (unpaired) electrons.